The Morgan fingerprint density at radius 2 is 1.84 bits per heavy atom. The Hall–Kier alpha value is -2.45. The number of halogens is 1. The van der Waals surface area contributed by atoms with Gasteiger partial charge in [0.05, 0.1) is 31.2 Å². The van der Waals surface area contributed by atoms with Crippen LogP contribution in [0.15, 0.2) is 71.5 Å². The Kier molecular flexibility index (Phi) is 5.25. The zero-order valence-corrected chi connectivity index (χ0v) is 19.4. The van der Waals surface area contributed by atoms with Crippen LogP contribution in [0.3, 0.4) is 0 Å². The van der Waals surface area contributed by atoms with Crippen LogP contribution in [0.1, 0.15) is 22.6 Å². The third-order valence-corrected chi connectivity index (χ3v) is 7.41. The Bertz CT molecular complexity index is 1130. The average Bonchev–Trinajstić information content (AvgIpc) is 3.19. The summed E-state index contributed by atoms with van der Waals surface area (Å²) in [6, 6.07) is 17.7. The number of fused-ring (bicyclic) bond motifs is 3. The number of benzene rings is 2. The van der Waals surface area contributed by atoms with Gasteiger partial charge in [-0.1, -0.05) is 58.4 Å². The van der Waals surface area contributed by atoms with Crippen molar-refractivity contribution in [2.45, 2.75) is 23.2 Å². The molecule has 2 heterocycles. The summed E-state index contributed by atoms with van der Waals surface area (Å²) in [4.78, 5) is 4.24. The van der Waals surface area contributed by atoms with Crippen molar-refractivity contribution in [2.75, 3.05) is 20.7 Å². The van der Waals surface area contributed by atoms with E-state index in [1.54, 1.807) is 12.4 Å². The maximum atomic E-state index is 12.5. The van der Waals surface area contributed by atoms with Crippen LogP contribution in [0.2, 0.25) is 0 Å². The molecule has 6 nitrogen and oxygen atoms in total. The Balaban J connectivity index is 1.86. The van der Waals surface area contributed by atoms with Gasteiger partial charge in [-0.15, -0.1) is 0 Å². The van der Waals surface area contributed by atoms with Gasteiger partial charge in [0, 0.05) is 22.9 Å². The molecule has 7 heteroatoms. The SMILES string of the molecule is CNC[C@H]1[C@@H](O)[C@@]2(O)c3c(OC)cncc3O[C@@]2(c2ccc(Br)cc2)[C@@H]1c1ccccc1. The fraction of sp³-hybridized carbons (Fsp3) is 0.320. The van der Waals surface area contributed by atoms with Crippen LogP contribution in [-0.4, -0.2) is 42.0 Å². The van der Waals surface area contributed by atoms with Crippen molar-refractivity contribution >= 4 is 15.9 Å². The van der Waals surface area contributed by atoms with Crippen molar-refractivity contribution in [3.8, 4) is 11.5 Å². The van der Waals surface area contributed by atoms with Gasteiger partial charge in [-0.25, -0.2) is 0 Å². The second-order valence-corrected chi connectivity index (χ2v) is 9.30. The summed E-state index contributed by atoms with van der Waals surface area (Å²) < 4.78 is 13.2. The predicted octanol–water partition coefficient (Wildman–Crippen LogP) is 3.32. The normalized spacial score (nSPS) is 30.5. The number of hydrogen-bond donors (Lipinski definition) is 3. The monoisotopic (exact) mass is 496 g/mol. The lowest BCUT2D eigenvalue weighted by atomic mass is 9.70. The van der Waals surface area contributed by atoms with Gasteiger partial charge in [0.1, 0.15) is 11.5 Å². The van der Waals surface area contributed by atoms with Crippen molar-refractivity contribution in [1.82, 2.24) is 10.3 Å². The summed E-state index contributed by atoms with van der Waals surface area (Å²) in [7, 11) is 3.37. The molecule has 1 saturated carbocycles. The van der Waals surface area contributed by atoms with Crippen LogP contribution in [0.25, 0.3) is 0 Å². The minimum absolute atomic E-state index is 0.331. The molecule has 1 aliphatic heterocycles. The molecule has 1 aliphatic carbocycles. The second kappa shape index (κ2) is 7.85. The molecule has 1 aromatic heterocycles. The Morgan fingerprint density at radius 1 is 1.12 bits per heavy atom. The maximum Gasteiger partial charge on any atom is 0.177 e. The zero-order valence-electron chi connectivity index (χ0n) is 17.8. The predicted molar refractivity (Wildman–Crippen MR) is 124 cm³/mol. The quantitative estimate of drug-likeness (QED) is 0.502. The van der Waals surface area contributed by atoms with Crippen molar-refractivity contribution in [3.05, 3.63) is 88.2 Å². The molecule has 2 aliphatic rings. The molecular formula is C25H25BrN2O4. The minimum Gasteiger partial charge on any atom is -0.495 e. The molecule has 5 rings (SSSR count). The van der Waals surface area contributed by atoms with Crippen molar-refractivity contribution < 1.29 is 19.7 Å². The largest absolute Gasteiger partial charge is 0.495 e. The number of nitrogens with zero attached hydrogens (tertiary/aromatic N) is 1. The fourth-order valence-electron chi connectivity index (χ4n) is 5.69. The minimum atomic E-state index is -1.76. The summed E-state index contributed by atoms with van der Waals surface area (Å²) in [5.41, 5.74) is -0.857. The van der Waals surface area contributed by atoms with Gasteiger partial charge in [0.25, 0.3) is 0 Å². The lowest BCUT2D eigenvalue weighted by Gasteiger charge is -2.41. The molecule has 2 aromatic carbocycles. The smallest absolute Gasteiger partial charge is 0.177 e. The molecule has 0 bridgehead atoms. The zero-order chi connectivity index (χ0) is 22.5. The van der Waals surface area contributed by atoms with E-state index < -0.39 is 17.3 Å². The molecule has 3 N–H and O–H groups in total. The summed E-state index contributed by atoms with van der Waals surface area (Å²) >= 11 is 3.50. The third kappa shape index (κ3) is 2.72. The van der Waals surface area contributed by atoms with E-state index in [1.165, 1.54) is 7.11 Å². The number of ether oxygens (including phenoxy) is 2. The summed E-state index contributed by atoms with van der Waals surface area (Å²) in [6.45, 7) is 0.493. The van der Waals surface area contributed by atoms with Gasteiger partial charge in [-0.05, 0) is 30.3 Å². The van der Waals surface area contributed by atoms with Crippen molar-refractivity contribution in [3.63, 3.8) is 0 Å². The highest BCUT2D eigenvalue weighted by Crippen LogP contribution is 2.69. The van der Waals surface area contributed by atoms with E-state index in [0.717, 1.165) is 15.6 Å². The molecule has 1 fully saturated rings. The number of pyridine rings is 1. The Morgan fingerprint density at radius 3 is 2.50 bits per heavy atom. The highest BCUT2D eigenvalue weighted by Gasteiger charge is 2.76. The van der Waals surface area contributed by atoms with E-state index >= 15 is 0 Å². The standard InChI is InChI=1S/C25H25BrN2O4/c1-27-12-18-21(15-6-4-3-5-7-15)25(16-8-10-17(26)11-9-16)24(30,23(18)29)22-19(31-2)13-28-14-20(22)32-25/h3-11,13-14,18,21,23,27,29-30H,12H2,1-2H3/t18-,21-,23-,24+,25+/m1/s1. The van der Waals surface area contributed by atoms with Gasteiger partial charge in [-0.3, -0.25) is 4.98 Å². The number of aliphatic hydroxyl groups is 2. The van der Waals surface area contributed by atoms with Crippen LogP contribution < -0.4 is 14.8 Å². The van der Waals surface area contributed by atoms with Crippen molar-refractivity contribution in [2.24, 2.45) is 5.92 Å². The number of rotatable bonds is 5. The fourth-order valence-corrected chi connectivity index (χ4v) is 5.96. The van der Waals surface area contributed by atoms with Gasteiger partial charge in [-0.2, -0.15) is 0 Å². The number of nitrogens with one attached hydrogen (secondary N) is 1. The van der Waals surface area contributed by atoms with E-state index in [4.69, 9.17) is 9.47 Å². The number of methoxy groups -OCH3 is 1. The molecule has 3 aromatic rings. The highest BCUT2D eigenvalue weighted by molar-refractivity contribution is 9.10. The number of aliphatic hydroxyl groups excluding tert-OH is 1. The van der Waals surface area contributed by atoms with E-state index in [9.17, 15) is 10.2 Å². The molecule has 5 atom stereocenters. The topological polar surface area (TPSA) is 83.8 Å². The first-order chi connectivity index (χ1) is 15.5. The van der Waals surface area contributed by atoms with Crippen molar-refractivity contribution in [1.29, 1.82) is 0 Å². The molecule has 32 heavy (non-hydrogen) atoms. The molecule has 0 unspecified atom stereocenters. The summed E-state index contributed by atoms with van der Waals surface area (Å²) in [6.07, 6.45) is 2.01. The molecule has 0 spiro atoms. The van der Waals surface area contributed by atoms with Gasteiger partial charge in [0.2, 0.25) is 0 Å². The average molecular weight is 497 g/mol. The van der Waals surface area contributed by atoms with Gasteiger partial charge < -0.3 is 25.0 Å². The van der Waals surface area contributed by atoms with Crippen LogP contribution in [0.5, 0.6) is 11.5 Å². The molecule has 0 saturated heterocycles. The summed E-state index contributed by atoms with van der Waals surface area (Å²) in [5, 5.41) is 27.5. The lowest BCUT2D eigenvalue weighted by molar-refractivity contribution is -0.152. The number of hydrogen-bond acceptors (Lipinski definition) is 6. The third-order valence-electron chi connectivity index (χ3n) is 6.89. The molecule has 0 amide bonds. The Labute approximate surface area is 195 Å². The maximum absolute atomic E-state index is 12.5. The molecule has 0 radical (unpaired) electrons. The molecular weight excluding hydrogens is 472 g/mol. The first-order valence-corrected chi connectivity index (χ1v) is 11.4. The van der Waals surface area contributed by atoms with E-state index in [0.29, 0.717) is 23.6 Å². The van der Waals surface area contributed by atoms with Crippen LogP contribution in [-0.2, 0) is 11.2 Å². The highest BCUT2D eigenvalue weighted by atomic mass is 79.9. The van der Waals surface area contributed by atoms with E-state index in [1.807, 2.05) is 61.6 Å². The van der Waals surface area contributed by atoms with Crippen LogP contribution in [0.4, 0.5) is 0 Å². The first kappa shape index (κ1) is 21.4. The lowest BCUT2D eigenvalue weighted by Crippen LogP contribution is -2.52. The van der Waals surface area contributed by atoms with Gasteiger partial charge in [0.15, 0.2) is 11.2 Å². The van der Waals surface area contributed by atoms with Crippen LogP contribution >= 0.6 is 15.9 Å². The summed E-state index contributed by atoms with van der Waals surface area (Å²) in [5.74, 6) is 0.120. The molecule has 166 valence electrons. The number of aromatic nitrogens is 1. The van der Waals surface area contributed by atoms with E-state index in [-0.39, 0.29) is 11.8 Å². The van der Waals surface area contributed by atoms with E-state index in [2.05, 4.69) is 26.2 Å². The van der Waals surface area contributed by atoms with Gasteiger partial charge >= 0.3 is 0 Å². The van der Waals surface area contributed by atoms with Crippen LogP contribution in [0, 0.1) is 5.92 Å². The first-order valence-electron chi connectivity index (χ1n) is 10.6. The second-order valence-electron chi connectivity index (χ2n) is 8.38.